The number of imidazole rings is 1. The van der Waals surface area contributed by atoms with Crippen LogP contribution in [0.1, 0.15) is 0 Å². The smallest absolute Gasteiger partial charge is 0.230 e. The molecule has 6 nitrogen and oxygen atoms in total. The van der Waals surface area contributed by atoms with Crippen molar-refractivity contribution in [3.05, 3.63) is 84.9 Å². The van der Waals surface area contributed by atoms with Gasteiger partial charge < -0.3 is 9.72 Å². The summed E-state index contributed by atoms with van der Waals surface area (Å²) in [4.78, 5) is 17.3. The summed E-state index contributed by atoms with van der Waals surface area (Å²) in [5.41, 5.74) is 5.47. The van der Waals surface area contributed by atoms with E-state index in [2.05, 4.69) is 15.3 Å². The Morgan fingerprint density at radius 2 is 1.40 bits per heavy atom. The Morgan fingerprint density at radius 1 is 0.733 bits per heavy atom. The monoisotopic (exact) mass is 393 g/mol. The fraction of sp³-hybridized carbons (Fsp3) is 0.0417. The maximum absolute atomic E-state index is 5.27. The molecule has 0 radical (unpaired) electrons. The van der Waals surface area contributed by atoms with Crippen molar-refractivity contribution in [2.24, 2.45) is 0 Å². The van der Waals surface area contributed by atoms with Crippen molar-refractivity contribution >= 4 is 22.9 Å². The molecule has 0 unspecified atom stereocenters. The maximum Gasteiger partial charge on any atom is 0.230 e. The summed E-state index contributed by atoms with van der Waals surface area (Å²) < 4.78 is 5.27. The van der Waals surface area contributed by atoms with E-state index in [1.54, 1.807) is 7.11 Å². The number of ether oxygens (including phenoxy) is 1. The van der Waals surface area contributed by atoms with Crippen LogP contribution in [0.25, 0.3) is 33.5 Å². The van der Waals surface area contributed by atoms with Gasteiger partial charge in [-0.2, -0.15) is 0 Å². The summed E-state index contributed by atoms with van der Waals surface area (Å²) in [5, 5.41) is 3.22. The van der Waals surface area contributed by atoms with Crippen LogP contribution in [-0.2, 0) is 0 Å². The van der Waals surface area contributed by atoms with E-state index >= 15 is 0 Å². The molecule has 0 aliphatic heterocycles. The fourth-order valence-corrected chi connectivity index (χ4v) is 3.29. The zero-order valence-corrected chi connectivity index (χ0v) is 16.3. The van der Waals surface area contributed by atoms with Gasteiger partial charge in [0.25, 0.3) is 0 Å². The number of nitrogens with zero attached hydrogens (tertiary/aromatic N) is 3. The van der Waals surface area contributed by atoms with Crippen molar-refractivity contribution < 1.29 is 4.74 Å². The standard InChI is InChI=1S/C24H19N5O/c1-30-18-13-11-17(12-14-18)22-15-21(16-7-3-2-4-8-16)27-24(28-22)29-23-25-19-9-5-6-10-20(19)26-23/h2-15H,1H3,(H2,25,26,27,28,29). The van der Waals surface area contributed by atoms with Crippen LogP contribution < -0.4 is 10.1 Å². The number of methoxy groups -OCH3 is 1. The number of anilines is 2. The second kappa shape index (κ2) is 7.67. The van der Waals surface area contributed by atoms with E-state index in [1.807, 2.05) is 84.9 Å². The van der Waals surface area contributed by atoms with E-state index in [9.17, 15) is 0 Å². The molecule has 0 amide bonds. The van der Waals surface area contributed by atoms with Crippen LogP contribution in [0.4, 0.5) is 11.9 Å². The van der Waals surface area contributed by atoms with Gasteiger partial charge in [-0.1, -0.05) is 42.5 Å². The predicted molar refractivity (Wildman–Crippen MR) is 119 cm³/mol. The summed E-state index contributed by atoms with van der Waals surface area (Å²) >= 11 is 0. The normalized spacial score (nSPS) is 10.8. The molecule has 5 aromatic rings. The molecule has 2 heterocycles. The van der Waals surface area contributed by atoms with Crippen LogP contribution in [0.3, 0.4) is 0 Å². The van der Waals surface area contributed by atoms with E-state index < -0.39 is 0 Å². The van der Waals surface area contributed by atoms with Gasteiger partial charge in [-0.15, -0.1) is 0 Å². The molecule has 0 bridgehead atoms. The van der Waals surface area contributed by atoms with E-state index in [0.717, 1.165) is 39.3 Å². The molecule has 0 saturated carbocycles. The van der Waals surface area contributed by atoms with Crippen LogP contribution >= 0.6 is 0 Å². The molecule has 0 spiro atoms. The molecular weight excluding hydrogens is 374 g/mol. The van der Waals surface area contributed by atoms with E-state index in [0.29, 0.717) is 11.9 Å². The fourth-order valence-electron chi connectivity index (χ4n) is 3.29. The molecule has 2 aromatic heterocycles. The van der Waals surface area contributed by atoms with Gasteiger partial charge in [0.15, 0.2) is 0 Å². The molecule has 146 valence electrons. The third kappa shape index (κ3) is 3.58. The number of rotatable bonds is 5. The largest absolute Gasteiger partial charge is 0.497 e. The number of aromatic amines is 1. The first-order valence-electron chi connectivity index (χ1n) is 9.59. The Morgan fingerprint density at radius 3 is 2.10 bits per heavy atom. The average Bonchev–Trinajstić information content (AvgIpc) is 3.22. The van der Waals surface area contributed by atoms with Crippen molar-refractivity contribution in [3.8, 4) is 28.3 Å². The topological polar surface area (TPSA) is 75.7 Å². The highest BCUT2D eigenvalue weighted by Gasteiger charge is 2.11. The third-order valence-corrected chi connectivity index (χ3v) is 4.80. The Hall–Kier alpha value is -4.19. The van der Waals surface area contributed by atoms with Gasteiger partial charge in [0.2, 0.25) is 11.9 Å². The van der Waals surface area contributed by atoms with Crippen molar-refractivity contribution in [2.45, 2.75) is 0 Å². The molecule has 3 aromatic carbocycles. The van der Waals surface area contributed by atoms with Gasteiger partial charge in [-0.3, -0.25) is 5.32 Å². The van der Waals surface area contributed by atoms with E-state index in [4.69, 9.17) is 14.7 Å². The molecular formula is C24H19N5O. The van der Waals surface area contributed by atoms with Gasteiger partial charge >= 0.3 is 0 Å². The molecule has 5 rings (SSSR count). The lowest BCUT2D eigenvalue weighted by atomic mass is 10.1. The number of benzene rings is 3. The zero-order valence-electron chi connectivity index (χ0n) is 16.3. The average molecular weight is 393 g/mol. The van der Waals surface area contributed by atoms with E-state index in [1.165, 1.54) is 0 Å². The summed E-state index contributed by atoms with van der Waals surface area (Å²) in [6.45, 7) is 0. The SMILES string of the molecule is COc1ccc(-c2cc(-c3ccccc3)nc(Nc3nc4ccccc4[nH]3)n2)cc1. The van der Waals surface area contributed by atoms with Crippen molar-refractivity contribution in [1.82, 2.24) is 19.9 Å². The third-order valence-electron chi connectivity index (χ3n) is 4.80. The number of hydrogen-bond donors (Lipinski definition) is 2. The second-order valence-electron chi connectivity index (χ2n) is 6.78. The minimum absolute atomic E-state index is 0.473. The van der Waals surface area contributed by atoms with Crippen LogP contribution in [0.2, 0.25) is 0 Å². The lowest BCUT2D eigenvalue weighted by molar-refractivity contribution is 0.415. The highest BCUT2D eigenvalue weighted by atomic mass is 16.5. The molecule has 0 aliphatic rings. The van der Waals surface area contributed by atoms with Gasteiger partial charge in [0.1, 0.15) is 5.75 Å². The predicted octanol–water partition coefficient (Wildman–Crippen LogP) is 5.44. The Bertz CT molecular complexity index is 1260. The summed E-state index contributed by atoms with van der Waals surface area (Å²) in [7, 11) is 1.66. The second-order valence-corrected chi connectivity index (χ2v) is 6.78. The van der Waals surface area contributed by atoms with Crippen molar-refractivity contribution in [3.63, 3.8) is 0 Å². The molecule has 0 saturated heterocycles. The van der Waals surface area contributed by atoms with Crippen LogP contribution in [-0.4, -0.2) is 27.0 Å². The lowest BCUT2D eigenvalue weighted by Gasteiger charge is -2.09. The zero-order chi connectivity index (χ0) is 20.3. The number of aromatic nitrogens is 4. The quantitative estimate of drug-likeness (QED) is 0.416. The van der Waals surface area contributed by atoms with Crippen molar-refractivity contribution in [2.75, 3.05) is 12.4 Å². The van der Waals surface area contributed by atoms with Gasteiger partial charge in [-0.25, -0.2) is 15.0 Å². The van der Waals surface area contributed by atoms with Gasteiger partial charge in [-0.05, 0) is 42.5 Å². The van der Waals surface area contributed by atoms with E-state index in [-0.39, 0.29) is 0 Å². The number of fused-ring (bicyclic) bond motifs is 1. The first kappa shape index (κ1) is 17.9. The Labute approximate surface area is 173 Å². The van der Waals surface area contributed by atoms with Crippen molar-refractivity contribution in [1.29, 1.82) is 0 Å². The molecule has 6 heteroatoms. The van der Waals surface area contributed by atoms with Gasteiger partial charge in [0.05, 0.1) is 29.5 Å². The minimum atomic E-state index is 0.473. The first-order chi connectivity index (χ1) is 14.8. The van der Waals surface area contributed by atoms with Crippen LogP contribution in [0.15, 0.2) is 84.9 Å². The highest BCUT2D eigenvalue weighted by Crippen LogP contribution is 2.27. The molecule has 0 atom stereocenters. The Balaban J connectivity index is 1.58. The summed E-state index contributed by atoms with van der Waals surface area (Å²) in [6.07, 6.45) is 0. The summed E-state index contributed by atoms with van der Waals surface area (Å²) in [6, 6.07) is 27.7. The molecule has 2 N–H and O–H groups in total. The summed E-state index contributed by atoms with van der Waals surface area (Å²) in [5.74, 6) is 1.88. The number of hydrogen-bond acceptors (Lipinski definition) is 5. The maximum atomic E-state index is 5.27. The van der Waals surface area contributed by atoms with Crippen LogP contribution in [0.5, 0.6) is 5.75 Å². The first-order valence-corrected chi connectivity index (χ1v) is 9.59. The molecule has 0 aliphatic carbocycles. The van der Waals surface area contributed by atoms with Gasteiger partial charge in [0, 0.05) is 11.1 Å². The molecule has 30 heavy (non-hydrogen) atoms. The lowest BCUT2D eigenvalue weighted by Crippen LogP contribution is -2.01. The molecule has 0 fully saturated rings. The number of H-pyrrole nitrogens is 1. The Kier molecular flexibility index (Phi) is 4.57. The minimum Gasteiger partial charge on any atom is -0.497 e. The number of para-hydroxylation sites is 2. The van der Waals surface area contributed by atoms with Crippen LogP contribution in [0, 0.1) is 0 Å². The highest BCUT2D eigenvalue weighted by molar-refractivity contribution is 5.78. The number of nitrogens with one attached hydrogen (secondary N) is 2.